The molecule has 0 aromatic heterocycles. The summed E-state index contributed by atoms with van der Waals surface area (Å²) in [4.78, 5) is 28.9. The van der Waals surface area contributed by atoms with Crippen molar-refractivity contribution >= 4 is 23.5 Å². The van der Waals surface area contributed by atoms with Gasteiger partial charge in [0.25, 0.3) is 5.91 Å². The van der Waals surface area contributed by atoms with E-state index < -0.39 is 5.97 Å². The summed E-state index contributed by atoms with van der Waals surface area (Å²) in [7, 11) is 2.91. The summed E-state index contributed by atoms with van der Waals surface area (Å²) in [5.74, 6) is -0.206. The highest BCUT2D eigenvalue weighted by atomic mass is 35.5. The topological polar surface area (TPSA) is 68.3 Å². The van der Waals surface area contributed by atoms with E-state index in [1.807, 2.05) is 0 Å². The zero-order valence-electron chi connectivity index (χ0n) is 18.0. The third-order valence-electron chi connectivity index (χ3n) is 5.21. The number of hydrogen-bond acceptors (Lipinski definition) is 6. The number of aryl methyl sites for hydroxylation is 1. The molecule has 1 aliphatic rings. The quantitative estimate of drug-likeness (QED) is 0.608. The molecule has 3 rings (SSSR count). The van der Waals surface area contributed by atoms with Gasteiger partial charge in [-0.15, -0.1) is 0 Å². The van der Waals surface area contributed by atoms with E-state index in [2.05, 4.69) is 36.1 Å². The van der Waals surface area contributed by atoms with Crippen LogP contribution in [0.4, 0.5) is 0 Å². The first-order chi connectivity index (χ1) is 14.9. The Morgan fingerprint density at radius 2 is 1.77 bits per heavy atom. The highest BCUT2D eigenvalue weighted by Crippen LogP contribution is 2.36. The minimum Gasteiger partial charge on any atom is -0.493 e. The molecule has 2 aromatic rings. The third-order valence-corrected chi connectivity index (χ3v) is 5.49. The van der Waals surface area contributed by atoms with E-state index in [0.29, 0.717) is 24.6 Å². The van der Waals surface area contributed by atoms with E-state index in [1.54, 1.807) is 4.90 Å². The van der Waals surface area contributed by atoms with Gasteiger partial charge in [-0.1, -0.05) is 41.4 Å². The average Bonchev–Trinajstić information content (AvgIpc) is 2.77. The first kappa shape index (κ1) is 22.9. The molecule has 0 spiro atoms. The van der Waals surface area contributed by atoms with Gasteiger partial charge in [0, 0.05) is 32.7 Å². The Morgan fingerprint density at radius 1 is 1.03 bits per heavy atom. The van der Waals surface area contributed by atoms with Gasteiger partial charge in [0.15, 0.2) is 18.1 Å². The first-order valence-corrected chi connectivity index (χ1v) is 10.4. The predicted octanol–water partition coefficient (Wildman–Crippen LogP) is 3.17. The summed E-state index contributed by atoms with van der Waals surface area (Å²) < 4.78 is 15.6. The molecule has 166 valence electrons. The van der Waals surface area contributed by atoms with Crippen molar-refractivity contribution in [3.8, 4) is 11.5 Å². The second-order valence-electron chi connectivity index (χ2n) is 7.42. The maximum atomic E-state index is 12.5. The van der Waals surface area contributed by atoms with Crippen LogP contribution in [0.2, 0.25) is 5.02 Å². The summed E-state index contributed by atoms with van der Waals surface area (Å²) in [6, 6.07) is 11.3. The summed E-state index contributed by atoms with van der Waals surface area (Å²) >= 11 is 6.13. The van der Waals surface area contributed by atoms with E-state index in [9.17, 15) is 9.59 Å². The minimum atomic E-state index is -0.644. The number of hydrogen-bond donors (Lipinski definition) is 0. The average molecular weight is 447 g/mol. The second-order valence-corrected chi connectivity index (χ2v) is 7.82. The fraction of sp³-hybridized carbons (Fsp3) is 0.391. The number of amides is 1. The molecule has 0 N–H and O–H groups in total. The largest absolute Gasteiger partial charge is 0.493 e. The van der Waals surface area contributed by atoms with E-state index in [1.165, 1.54) is 37.5 Å². The molecule has 0 bridgehead atoms. The number of halogens is 1. The Labute approximate surface area is 187 Å². The molecule has 1 heterocycles. The zero-order chi connectivity index (χ0) is 22.4. The summed E-state index contributed by atoms with van der Waals surface area (Å²) in [6.07, 6.45) is 0. The smallest absolute Gasteiger partial charge is 0.338 e. The van der Waals surface area contributed by atoms with Gasteiger partial charge in [0.2, 0.25) is 0 Å². The molecule has 0 unspecified atom stereocenters. The van der Waals surface area contributed by atoms with Crippen LogP contribution < -0.4 is 9.47 Å². The van der Waals surface area contributed by atoms with Gasteiger partial charge in [-0.2, -0.15) is 0 Å². The van der Waals surface area contributed by atoms with Crippen molar-refractivity contribution in [3.63, 3.8) is 0 Å². The molecule has 31 heavy (non-hydrogen) atoms. The molecule has 1 amide bonds. The lowest BCUT2D eigenvalue weighted by atomic mass is 10.1. The molecule has 1 fully saturated rings. The van der Waals surface area contributed by atoms with Crippen molar-refractivity contribution < 1.29 is 23.8 Å². The molecule has 1 aliphatic heterocycles. The van der Waals surface area contributed by atoms with Gasteiger partial charge < -0.3 is 19.1 Å². The van der Waals surface area contributed by atoms with Crippen LogP contribution in [-0.4, -0.2) is 68.7 Å². The van der Waals surface area contributed by atoms with Gasteiger partial charge in [0.1, 0.15) is 0 Å². The highest BCUT2D eigenvalue weighted by molar-refractivity contribution is 6.32. The standard InChI is InChI=1S/C23H27ClN2O5/c1-16-5-4-6-17(11-16)14-25-7-9-26(10-8-25)21(27)15-31-23(28)18-12-19(24)22(30-3)20(13-18)29-2/h4-6,11-13H,7-10,14-15H2,1-3H3. The Bertz CT molecular complexity index is 942. The molecule has 7 nitrogen and oxygen atoms in total. The third kappa shape index (κ3) is 5.89. The predicted molar refractivity (Wildman–Crippen MR) is 118 cm³/mol. The molecule has 1 saturated heterocycles. The fourth-order valence-corrected chi connectivity index (χ4v) is 3.85. The lowest BCUT2D eigenvalue weighted by Gasteiger charge is -2.34. The summed E-state index contributed by atoms with van der Waals surface area (Å²) in [5, 5.41) is 0.227. The number of rotatable bonds is 7. The van der Waals surface area contributed by atoms with Crippen LogP contribution in [0, 0.1) is 6.92 Å². The van der Waals surface area contributed by atoms with Crippen molar-refractivity contribution in [2.24, 2.45) is 0 Å². The second kappa shape index (κ2) is 10.5. The van der Waals surface area contributed by atoms with Gasteiger partial charge >= 0.3 is 5.97 Å². The normalized spacial score (nSPS) is 14.3. The van der Waals surface area contributed by atoms with E-state index in [0.717, 1.165) is 19.6 Å². The molecule has 0 aliphatic carbocycles. The van der Waals surface area contributed by atoms with Crippen LogP contribution in [0.25, 0.3) is 0 Å². The summed E-state index contributed by atoms with van der Waals surface area (Å²) in [5.41, 5.74) is 2.70. The highest BCUT2D eigenvalue weighted by Gasteiger charge is 2.23. The molecule has 8 heteroatoms. The van der Waals surface area contributed by atoms with Crippen LogP contribution in [-0.2, 0) is 16.1 Å². The van der Waals surface area contributed by atoms with Crippen molar-refractivity contribution in [2.75, 3.05) is 47.0 Å². The number of esters is 1. The number of methoxy groups -OCH3 is 2. The molecule has 0 atom stereocenters. The number of ether oxygens (including phenoxy) is 3. The monoisotopic (exact) mass is 446 g/mol. The molecular formula is C23H27ClN2O5. The Balaban J connectivity index is 1.49. The minimum absolute atomic E-state index is 0.193. The maximum Gasteiger partial charge on any atom is 0.338 e. The van der Waals surface area contributed by atoms with Gasteiger partial charge in [-0.3, -0.25) is 9.69 Å². The van der Waals surface area contributed by atoms with Crippen molar-refractivity contribution in [2.45, 2.75) is 13.5 Å². The van der Waals surface area contributed by atoms with Crippen LogP contribution in [0.5, 0.6) is 11.5 Å². The Hall–Kier alpha value is -2.77. The van der Waals surface area contributed by atoms with E-state index in [-0.39, 0.29) is 23.1 Å². The van der Waals surface area contributed by atoms with E-state index in [4.69, 9.17) is 25.8 Å². The van der Waals surface area contributed by atoms with Gasteiger partial charge in [0.05, 0.1) is 24.8 Å². The van der Waals surface area contributed by atoms with Crippen LogP contribution in [0.3, 0.4) is 0 Å². The zero-order valence-corrected chi connectivity index (χ0v) is 18.8. The molecule has 0 radical (unpaired) electrons. The van der Waals surface area contributed by atoms with Crippen LogP contribution >= 0.6 is 11.6 Å². The molecule has 2 aromatic carbocycles. The summed E-state index contributed by atoms with van der Waals surface area (Å²) in [6.45, 7) is 5.38. The van der Waals surface area contributed by atoms with E-state index >= 15 is 0 Å². The maximum absolute atomic E-state index is 12.5. The van der Waals surface area contributed by atoms with Gasteiger partial charge in [-0.05, 0) is 24.6 Å². The molecular weight excluding hydrogens is 420 g/mol. The van der Waals surface area contributed by atoms with Crippen molar-refractivity contribution in [1.82, 2.24) is 9.80 Å². The number of benzene rings is 2. The van der Waals surface area contributed by atoms with Crippen molar-refractivity contribution in [3.05, 3.63) is 58.1 Å². The lowest BCUT2D eigenvalue weighted by molar-refractivity contribution is -0.136. The SMILES string of the molecule is COc1cc(C(=O)OCC(=O)N2CCN(Cc3cccc(C)c3)CC2)cc(Cl)c1OC. The number of carbonyl (C=O) groups is 2. The Kier molecular flexibility index (Phi) is 7.76. The van der Waals surface area contributed by atoms with Crippen LogP contribution in [0.15, 0.2) is 36.4 Å². The lowest BCUT2D eigenvalue weighted by Crippen LogP contribution is -2.49. The first-order valence-electron chi connectivity index (χ1n) is 10.1. The van der Waals surface area contributed by atoms with Crippen LogP contribution in [0.1, 0.15) is 21.5 Å². The Morgan fingerprint density at radius 3 is 2.42 bits per heavy atom. The number of carbonyl (C=O) groups excluding carboxylic acids is 2. The van der Waals surface area contributed by atoms with Gasteiger partial charge in [-0.25, -0.2) is 4.79 Å². The number of nitrogens with zero attached hydrogens (tertiary/aromatic N) is 2. The fourth-order valence-electron chi connectivity index (χ4n) is 3.56. The van der Waals surface area contributed by atoms with Crippen molar-refractivity contribution in [1.29, 1.82) is 0 Å². The molecule has 0 saturated carbocycles. The number of piperazine rings is 1.